The monoisotopic (exact) mass is 234 g/mol. The van der Waals surface area contributed by atoms with E-state index in [1.807, 2.05) is 0 Å². The lowest BCUT2D eigenvalue weighted by atomic mass is 9.69. The van der Waals surface area contributed by atoms with E-state index >= 15 is 0 Å². The molecule has 0 aromatic carbocycles. The molecule has 0 aromatic heterocycles. The first-order valence-electron chi connectivity index (χ1n) is 6.82. The number of aliphatic hydroxyl groups is 2. The van der Waals surface area contributed by atoms with Gasteiger partial charge in [0.1, 0.15) is 11.2 Å². The molecule has 3 rings (SSSR count). The molecule has 2 atom stereocenters. The van der Waals surface area contributed by atoms with Gasteiger partial charge in [0.2, 0.25) is 0 Å². The van der Waals surface area contributed by atoms with Gasteiger partial charge >= 0.3 is 0 Å². The minimum atomic E-state index is -0.952. The Morgan fingerprint density at radius 1 is 0.824 bits per heavy atom. The summed E-state index contributed by atoms with van der Waals surface area (Å²) in [4.78, 5) is 0. The summed E-state index contributed by atoms with van der Waals surface area (Å²) in [5.41, 5.74) is 2.97. The molecule has 0 aromatic rings. The highest BCUT2D eigenvalue weighted by molar-refractivity contribution is 5.50. The lowest BCUT2D eigenvalue weighted by molar-refractivity contribution is -0.108. The molecule has 0 bridgehead atoms. The van der Waals surface area contributed by atoms with Crippen LogP contribution in [0.3, 0.4) is 0 Å². The van der Waals surface area contributed by atoms with Gasteiger partial charge in [0.15, 0.2) is 0 Å². The van der Waals surface area contributed by atoms with E-state index in [-0.39, 0.29) is 0 Å². The Kier molecular flexibility index (Phi) is 2.34. The molecule has 17 heavy (non-hydrogen) atoms. The molecule has 1 saturated carbocycles. The maximum Gasteiger partial charge on any atom is 0.119 e. The van der Waals surface area contributed by atoms with Gasteiger partial charge in [-0.25, -0.2) is 0 Å². The van der Waals surface area contributed by atoms with Crippen LogP contribution in [0.4, 0.5) is 0 Å². The van der Waals surface area contributed by atoms with E-state index in [9.17, 15) is 10.2 Å². The SMILES string of the molecule is CC1=C2CC3=C(C)CCC[C@]3(O)[C@@]2(O)CCC1. The second kappa shape index (κ2) is 3.46. The Morgan fingerprint density at radius 2 is 1.24 bits per heavy atom. The third-order valence-corrected chi connectivity index (χ3v) is 5.25. The van der Waals surface area contributed by atoms with Gasteiger partial charge in [0, 0.05) is 0 Å². The molecule has 2 nitrogen and oxygen atoms in total. The van der Waals surface area contributed by atoms with Crippen molar-refractivity contribution in [2.75, 3.05) is 0 Å². The fraction of sp³-hybridized carbons (Fsp3) is 0.733. The van der Waals surface area contributed by atoms with Gasteiger partial charge in [-0.1, -0.05) is 11.1 Å². The van der Waals surface area contributed by atoms with E-state index in [0.717, 1.165) is 56.1 Å². The second-order valence-electron chi connectivity index (χ2n) is 6.12. The van der Waals surface area contributed by atoms with Gasteiger partial charge in [-0.3, -0.25) is 0 Å². The summed E-state index contributed by atoms with van der Waals surface area (Å²) in [6.45, 7) is 4.24. The zero-order valence-corrected chi connectivity index (χ0v) is 10.8. The number of allylic oxidation sites excluding steroid dienone is 2. The van der Waals surface area contributed by atoms with Crippen molar-refractivity contribution >= 4 is 0 Å². The average Bonchev–Trinajstić information content (AvgIpc) is 2.51. The zero-order chi connectivity index (χ0) is 12.3. The van der Waals surface area contributed by atoms with Crippen molar-refractivity contribution in [1.82, 2.24) is 0 Å². The van der Waals surface area contributed by atoms with E-state index in [2.05, 4.69) is 13.8 Å². The highest BCUT2D eigenvalue weighted by Crippen LogP contribution is 2.57. The Bertz CT molecular complexity index is 392. The maximum atomic E-state index is 11.0. The molecule has 0 saturated heterocycles. The fourth-order valence-corrected chi connectivity index (χ4v) is 4.21. The smallest absolute Gasteiger partial charge is 0.119 e. The Hall–Kier alpha value is -0.600. The molecule has 1 fully saturated rings. The lowest BCUT2D eigenvalue weighted by Gasteiger charge is -2.44. The Balaban J connectivity index is 2.21. The molecule has 0 amide bonds. The fourth-order valence-electron chi connectivity index (χ4n) is 4.21. The molecule has 0 unspecified atom stereocenters. The molecule has 94 valence electrons. The first-order valence-corrected chi connectivity index (χ1v) is 6.82. The minimum absolute atomic E-state index is 0.729. The molecule has 3 aliphatic carbocycles. The summed E-state index contributed by atoms with van der Waals surface area (Å²) in [6.07, 6.45) is 6.44. The number of rotatable bonds is 0. The van der Waals surface area contributed by atoms with Crippen LogP contribution >= 0.6 is 0 Å². The predicted octanol–water partition coefficient (Wildman–Crippen LogP) is 2.85. The molecule has 2 heteroatoms. The summed E-state index contributed by atoms with van der Waals surface area (Å²) >= 11 is 0. The van der Waals surface area contributed by atoms with E-state index in [1.54, 1.807) is 0 Å². The zero-order valence-electron chi connectivity index (χ0n) is 10.8. The second-order valence-corrected chi connectivity index (χ2v) is 6.12. The van der Waals surface area contributed by atoms with E-state index in [4.69, 9.17) is 0 Å². The van der Waals surface area contributed by atoms with Crippen LogP contribution < -0.4 is 0 Å². The molecule has 3 aliphatic rings. The molecular formula is C15H22O2. The predicted molar refractivity (Wildman–Crippen MR) is 67.6 cm³/mol. The molecule has 0 heterocycles. The third kappa shape index (κ3) is 1.28. The van der Waals surface area contributed by atoms with Crippen LogP contribution in [-0.2, 0) is 0 Å². The normalized spacial score (nSPS) is 41.6. The number of hydrogen-bond acceptors (Lipinski definition) is 2. The van der Waals surface area contributed by atoms with E-state index in [1.165, 1.54) is 11.1 Å². The summed E-state index contributed by atoms with van der Waals surface area (Å²) in [7, 11) is 0. The highest BCUT2D eigenvalue weighted by atomic mass is 16.4. The summed E-state index contributed by atoms with van der Waals surface area (Å²) in [5.74, 6) is 0. The number of fused-ring (bicyclic) bond motifs is 3. The van der Waals surface area contributed by atoms with Crippen LogP contribution in [0, 0.1) is 0 Å². The molecular weight excluding hydrogens is 212 g/mol. The topological polar surface area (TPSA) is 40.5 Å². The highest BCUT2D eigenvalue weighted by Gasteiger charge is 2.60. The van der Waals surface area contributed by atoms with E-state index in [0.29, 0.717) is 0 Å². The Morgan fingerprint density at radius 3 is 1.65 bits per heavy atom. The van der Waals surface area contributed by atoms with Gasteiger partial charge in [-0.2, -0.15) is 0 Å². The lowest BCUT2D eigenvalue weighted by Crippen LogP contribution is -2.53. The van der Waals surface area contributed by atoms with Crippen molar-refractivity contribution in [3.63, 3.8) is 0 Å². The van der Waals surface area contributed by atoms with Crippen molar-refractivity contribution in [2.45, 2.75) is 70.0 Å². The summed E-state index contributed by atoms with van der Waals surface area (Å²) in [5, 5.41) is 22.0. The van der Waals surface area contributed by atoms with Crippen molar-refractivity contribution in [3.8, 4) is 0 Å². The first-order chi connectivity index (χ1) is 7.99. The van der Waals surface area contributed by atoms with E-state index < -0.39 is 11.2 Å². The standard InChI is InChI=1S/C15H22O2/c1-10-5-3-7-14(16)12(10)9-13-11(2)6-4-8-15(13,14)17/h16-17H,3-9H2,1-2H3/t14-,15-/m1/s1. The van der Waals surface area contributed by atoms with Crippen molar-refractivity contribution in [3.05, 3.63) is 22.3 Å². The van der Waals surface area contributed by atoms with Crippen molar-refractivity contribution < 1.29 is 10.2 Å². The van der Waals surface area contributed by atoms with Crippen LogP contribution in [0.1, 0.15) is 58.8 Å². The molecule has 0 spiro atoms. The average molecular weight is 234 g/mol. The number of hydrogen-bond donors (Lipinski definition) is 2. The van der Waals surface area contributed by atoms with Crippen LogP contribution in [-0.4, -0.2) is 21.4 Å². The largest absolute Gasteiger partial charge is 0.382 e. The van der Waals surface area contributed by atoms with Gasteiger partial charge in [-0.15, -0.1) is 0 Å². The summed E-state index contributed by atoms with van der Waals surface area (Å²) in [6, 6.07) is 0. The molecule has 0 radical (unpaired) electrons. The minimum Gasteiger partial charge on any atom is -0.382 e. The van der Waals surface area contributed by atoms with Crippen LogP contribution in [0.5, 0.6) is 0 Å². The van der Waals surface area contributed by atoms with Crippen LogP contribution in [0.2, 0.25) is 0 Å². The Labute approximate surface area is 103 Å². The molecule has 2 N–H and O–H groups in total. The maximum absolute atomic E-state index is 11.0. The van der Waals surface area contributed by atoms with Gasteiger partial charge in [0.05, 0.1) is 0 Å². The van der Waals surface area contributed by atoms with Crippen LogP contribution in [0.25, 0.3) is 0 Å². The van der Waals surface area contributed by atoms with Crippen molar-refractivity contribution in [2.24, 2.45) is 0 Å². The summed E-state index contributed by atoms with van der Waals surface area (Å²) < 4.78 is 0. The van der Waals surface area contributed by atoms with Gasteiger partial charge < -0.3 is 10.2 Å². The van der Waals surface area contributed by atoms with Gasteiger partial charge in [0.25, 0.3) is 0 Å². The van der Waals surface area contributed by atoms with Gasteiger partial charge in [-0.05, 0) is 69.9 Å². The first kappa shape index (κ1) is 11.5. The third-order valence-electron chi connectivity index (χ3n) is 5.25. The van der Waals surface area contributed by atoms with Crippen LogP contribution in [0.15, 0.2) is 22.3 Å². The molecule has 0 aliphatic heterocycles. The van der Waals surface area contributed by atoms with Crippen molar-refractivity contribution in [1.29, 1.82) is 0 Å². The quantitative estimate of drug-likeness (QED) is 0.633.